The Morgan fingerprint density at radius 3 is 1.50 bits per heavy atom. The first kappa shape index (κ1) is 19.9. The molecule has 0 heterocycles. The van der Waals surface area contributed by atoms with Crippen molar-refractivity contribution in [2.75, 3.05) is 27.3 Å². The first-order chi connectivity index (χ1) is 10.3. The monoisotopic (exact) mass is 312 g/mol. The normalized spacial score (nSPS) is 16.4. The third-order valence-electron chi connectivity index (χ3n) is 2.88. The molecule has 2 amide bonds. The Kier molecular flexibility index (Phi) is 8.21. The molecule has 2 atom stereocenters. The molecule has 0 rings (SSSR count). The lowest BCUT2D eigenvalue weighted by atomic mass is 10.2. The quantitative estimate of drug-likeness (QED) is 0.459. The molecule has 0 spiro atoms. The molecule has 124 valence electrons. The molecular formula is C14H24N4O4. The molecule has 0 saturated heterocycles. The molecule has 2 N–H and O–H groups in total. The highest BCUT2D eigenvalue weighted by Gasteiger charge is 2.38. The highest BCUT2D eigenvalue weighted by Crippen LogP contribution is 2.18. The highest BCUT2D eigenvalue weighted by atomic mass is 16.5. The van der Waals surface area contributed by atoms with E-state index in [0.29, 0.717) is 0 Å². The summed E-state index contributed by atoms with van der Waals surface area (Å²) >= 11 is 0. The van der Waals surface area contributed by atoms with Gasteiger partial charge in [-0.05, 0) is 13.8 Å². The van der Waals surface area contributed by atoms with Gasteiger partial charge in [-0.3, -0.25) is 9.59 Å². The van der Waals surface area contributed by atoms with Gasteiger partial charge in [-0.25, -0.2) is 0 Å². The number of ether oxygens (including phenoxy) is 2. The number of amides is 2. The van der Waals surface area contributed by atoms with Crippen molar-refractivity contribution in [2.45, 2.75) is 25.3 Å². The van der Waals surface area contributed by atoms with E-state index in [2.05, 4.69) is 34.0 Å². The average Bonchev–Trinajstić information content (AvgIpc) is 2.54. The van der Waals surface area contributed by atoms with Crippen LogP contribution in [0.5, 0.6) is 0 Å². The predicted octanol–water partition coefficient (Wildman–Crippen LogP) is 0.768. The van der Waals surface area contributed by atoms with Crippen molar-refractivity contribution in [2.24, 2.45) is 10.2 Å². The van der Waals surface area contributed by atoms with Crippen molar-refractivity contribution in [3.8, 4) is 0 Å². The second-order valence-corrected chi connectivity index (χ2v) is 4.57. The highest BCUT2D eigenvalue weighted by molar-refractivity contribution is 5.85. The van der Waals surface area contributed by atoms with Crippen LogP contribution < -0.4 is 10.6 Å². The fourth-order valence-electron chi connectivity index (χ4n) is 1.21. The second kappa shape index (κ2) is 9.06. The minimum atomic E-state index is -1.58. The van der Waals surface area contributed by atoms with Crippen molar-refractivity contribution < 1.29 is 19.1 Å². The van der Waals surface area contributed by atoms with Gasteiger partial charge < -0.3 is 20.1 Å². The van der Waals surface area contributed by atoms with Crippen LogP contribution in [0, 0.1) is 0 Å². The van der Waals surface area contributed by atoms with Crippen molar-refractivity contribution in [1.29, 1.82) is 0 Å². The molecule has 8 heteroatoms. The maximum Gasteiger partial charge on any atom is 0.277 e. The molecule has 0 aromatic carbocycles. The topological polar surface area (TPSA) is 101 Å². The van der Waals surface area contributed by atoms with E-state index in [9.17, 15) is 9.59 Å². The van der Waals surface area contributed by atoms with E-state index in [1.807, 2.05) is 0 Å². The molecular weight excluding hydrogens is 288 g/mol. The van der Waals surface area contributed by atoms with E-state index in [0.717, 1.165) is 0 Å². The van der Waals surface area contributed by atoms with Gasteiger partial charge in [0, 0.05) is 27.3 Å². The van der Waals surface area contributed by atoms with Crippen LogP contribution in [0.2, 0.25) is 0 Å². The van der Waals surface area contributed by atoms with Gasteiger partial charge in [0.15, 0.2) is 0 Å². The maximum atomic E-state index is 12.0. The number of hydrogen-bond acceptors (Lipinski definition) is 6. The van der Waals surface area contributed by atoms with Gasteiger partial charge in [0.05, 0.1) is 0 Å². The van der Waals surface area contributed by atoms with Crippen LogP contribution in [-0.2, 0) is 19.1 Å². The van der Waals surface area contributed by atoms with Gasteiger partial charge in [-0.1, -0.05) is 12.2 Å². The average molecular weight is 312 g/mol. The van der Waals surface area contributed by atoms with Gasteiger partial charge >= 0.3 is 0 Å². The standard InChI is InChI=1S/C14H24N4O4/c1-7-9-15-11(19)13(3,21-5)17-18-14(4,22-6)12(20)16-10-8-2/h7-8H,1-2,9-10H2,3-6H3,(H,15,19)(H,16,20)/b18-17+. The van der Waals surface area contributed by atoms with E-state index in [1.165, 1.54) is 40.2 Å². The number of carbonyl (C=O) groups is 2. The zero-order valence-electron chi connectivity index (χ0n) is 13.5. The molecule has 0 aromatic heterocycles. The molecule has 0 radical (unpaired) electrons. The van der Waals surface area contributed by atoms with Crippen LogP contribution in [0.3, 0.4) is 0 Å². The first-order valence-electron chi connectivity index (χ1n) is 6.62. The van der Waals surface area contributed by atoms with E-state index in [-0.39, 0.29) is 13.1 Å². The molecule has 2 unspecified atom stereocenters. The zero-order valence-corrected chi connectivity index (χ0v) is 13.5. The Labute approximate surface area is 130 Å². The minimum Gasteiger partial charge on any atom is -0.348 e. The van der Waals surface area contributed by atoms with Crippen molar-refractivity contribution >= 4 is 11.8 Å². The summed E-state index contributed by atoms with van der Waals surface area (Å²) in [5.74, 6) is -1.02. The van der Waals surface area contributed by atoms with Gasteiger partial charge in [0.1, 0.15) is 0 Å². The lowest BCUT2D eigenvalue weighted by molar-refractivity contribution is -0.146. The van der Waals surface area contributed by atoms with Crippen molar-refractivity contribution in [3.05, 3.63) is 25.3 Å². The van der Waals surface area contributed by atoms with Crippen molar-refractivity contribution in [3.63, 3.8) is 0 Å². The summed E-state index contributed by atoms with van der Waals surface area (Å²) in [5.41, 5.74) is -3.16. The fraction of sp³-hybridized carbons (Fsp3) is 0.571. The van der Waals surface area contributed by atoms with Crippen LogP contribution in [0.4, 0.5) is 0 Å². The molecule has 0 saturated carbocycles. The first-order valence-corrected chi connectivity index (χ1v) is 6.62. The Bertz CT molecular complexity index is 412. The zero-order chi connectivity index (χ0) is 17.2. The number of azo groups is 1. The summed E-state index contributed by atoms with van der Waals surface area (Å²) in [7, 11) is 2.63. The number of hydrogen-bond donors (Lipinski definition) is 2. The predicted molar refractivity (Wildman–Crippen MR) is 82.1 cm³/mol. The van der Waals surface area contributed by atoms with E-state index in [4.69, 9.17) is 9.47 Å². The molecule has 0 aliphatic carbocycles. The number of rotatable bonds is 10. The second-order valence-electron chi connectivity index (χ2n) is 4.57. The van der Waals surface area contributed by atoms with Gasteiger partial charge in [-0.2, -0.15) is 0 Å². The van der Waals surface area contributed by atoms with Gasteiger partial charge in [0.25, 0.3) is 23.3 Å². The smallest absolute Gasteiger partial charge is 0.277 e. The lowest BCUT2D eigenvalue weighted by Crippen LogP contribution is -2.47. The molecule has 0 fully saturated rings. The summed E-state index contributed by atoms with van der Waals surface area (Å²) in [5, 5.41) is 12.8. The van der Waals surface area contributed by atoms with E-state index >= 15 is 0 Å². The Hall–Kier alpha value is -2.06. The Balaban J connectivity index is 5.19. The van der Waals surface area contributed by atoms with Crippen LogP contribution in [0.1, 0.15) is 13.8 Å². The molecule has 8 nitrogen and oxygen atoms in total. The van der Waals surface area contributed by atoms with Gasteiger partial charge in [-0.15, -0.1) is 23.4 Å². The van der Waals surface area contributed by atoms with E-state index in [1.54, 1.807) is 0 Å². The third kappa shape index (κ3) is 5.38. The molecule has 0 aliphatic rings. The largest absolute Gasteiger partial charge is 0.348 e. The Morgan fingerprint density at radius 1 is 0.955 bits per heavy atom. The number of nitrogens with zero attached hydrogens (tertiary/aromatic N) is 2. The summed E-state index contributed by atoms with van der Waals surface area (Å²) in [6.07, 6.45) is 3.04. The number of methoxy groups -OCH3 is 2. The van der Waals surface area contributed by atoms with Crippen LogP contribution in [-0.4, -0.2) is 50.6 Å². The summed E-state index contributed by atoms with van der Waals surface area (Å²) in [4.78, 5) is 24.0. The van der Waals surface area contributed by atoms with Crippen molar-refractivity contribution in [1.82, 2.24) is 10.6 Å². The number of nitrogens with one attached hydrogen (secondary N) is 2. The number of carbonyl (C=O) groups excluding carboxylic acids is 2. The SMILES string of the molecule is C=CCNC(=O)C(C)(/N=N/C(C)(OC)C(=O)NCC=C)OC. The minimum absolute atomic E-state index is 0.259. The summed E-state index contributed by atoms with van der Waals surface area (Å²) < 4.78 is 10.2. The van der Waals surface area contributed by atoms with Gasteiger partial charge in [0.2, 0.25) is 0 Å². The molecule has 0 aromatic rings. The fourth-order valence-corrected chi connectivity index (χ4v) is 1.21. The third-order valence-corrected chi connectivity index (χ3v) is 2.88. The maximum absolute atomic E-state index is 12.0. The molecule has 0 aliphatic heterocycles. The Morgan fingerprint density at radius 2 is 1.27 bits per heavy atom. The van der Waals surface area contributed by atoms with Crippen LogP contribution in [0.15, 0.2) is 35.5 Å². The lowest BCUT2D eigenvalue weighted by Gasteiger charge is -2.25. The molecule has 0 bridgehead atoms. The summed E-state index contributed by atoms with van der Waals surface area (Å²) in [6.45, 7) is 10.4. The molecule has 22 heavy (non-hydrogen) atoms. The summed E-state index contributed by atoms with van der Waals surface area (Å²) in [6, 6.07) is 0. The van der Waals surface area contributed by atoms with E-state index < -0.39 is 23.3 Å². The van der Waals surface area contributed by atoms with Crippen LogP contribution >= 0.6 is 0 Å². The van der Waals surface area contributed by atoms with Crippen LogP contribution in [0.25, 0.3) is 0 Å².